The average molecular weight is 277 g/mol. The molecule has 2 rings (SSSR count). The van der Waals surface area contributed by atoms with E-state index < -0.39 is 0 Å². The maximum absolute atomic E-state index is 5.88. The Kier molecular flexibility index (Phi) is 5.06. The van der Waals surface area contributed by atoms with E-state index in [4.69, 9.17) is 9.47 Å². The summed E-state index contributed by atoms with van der Waals surface area (Å²) in [7, 11) is 0. The molecule has 1 heterocycles. The topological polar surface area (TPSA) is 30.5 Å². The van der Waals surface area contributed by atoms with Gasteiger partial charge in [0.25, 0.3) is 0 Å². The first-order valence-corrected chi connectivity index (χ1v) is 7.60. The Morgan fingerprint density at radius 2 is 2.20 bits per heavy atom. The number of hydrogen-bond acceptors (Lipinski definition) is 3. The van der Waals surface area contributed by atoms with Crippen LogP contribution >= 0.6 is 0 Å². The highest BCUT2D eigenvalue weighted by molar-refractivity contribution is 5.30. The zero-order valence-electron chi connectivity index (χ0n) is 13.1. The van der Waals surface area contributed by atoms with Crippen LogP contribution in [0, 0.1) is 0 Å². The lowest BCUT2D eigenvalue weighted by Crippen LogP contribution is -2.34. The Hall–Kier alpha value is -1.06. The number of rotatable bonds is 6. The van der Waals surface area contributed by atoms with Crippen LogP contribution in [0.2, 0.25) is 0 Å². The fourth-order valence-electron chi connectivity index (χ4n) is 2.48. The summed E-state index contributed by atoms with van der Waals surface area (Å²) >= 11 is 0. The third-order valence-corrected chi connectivity index (χ3v) is 3.74. The van der Waals surface area contributed by atoms with E-state index in [-0.39, 0.29) is 11.8 Å². The Labute approximate surface area is 122 Å². The first-order chi connectivity index (χ1) is 9.46. The maximum atomic E-state index is 5.88. The molecule has 1 aliphatic rings. The maximum Gasteiger partial charge on any atom is 0.119 e. The smallest absolute Gasteiger partial charge is 0.119 e. The first-order valence-electron chi connectivity index (χ1n) is 7.60. The van der Waals surface area contributed by atoms with Crippen molar-refractivity contribution >= 4 is 0 Å². The van der Waals surface area contributed by atoms with Crippen molar-refractivity contribution in [1.82, 2.24) is 5.32 Å². The summed E-state index contributed by atoms with van der Waals surface area (Å²) in [5.74, 6) is 1.48. The second-order valence-electron chi connectivity index (χ2n) is 6.43. The summed E-state index contributed by atoms with van der Waals surface area (Å²) in [6, 6.07) is 8.34. The molecule has 1 aromatic rings. The van der Waals surface area contributed by atoms with E-state index in [1.165, 1.54) is 5.56 Å². The van der Waals surface area contributed by atoms with Gasteiger partial charge in [-0.05, 0) is 50.3 Å². The van der Waals surface area contributed by atoms with Gasteiger partial charge in [-0.1, -0.05) is 26.0 Å². The van der Waals surface area contributed by atoms with Gasteiger partial charge in [-0.2, -0.15) is 0 Å². The van der Waals surface area contributed by atoms with Crippen LogP contribution in [0.4, 0.5) is 0 Å². The second kappa shape index (κ2) is 6.59. The summed E-state index contributed by atoms with van der Waals surface area (Å²) in [6.07, 6.45) is 2.37. The summed E-state index contributed by atoms with van der Waals surface area (Å²) in [4.78, 5) is 0. The van der Waals surface area contributed by atoms with Gasteiger partial charge in [-0.15, -0.1) is 0 Å². The average Bonchev–Trinajstić information content (AvgIpc) is 2.75. The van der Waals surface area contributed by atoms with Crippen LogP contribution in [0.3, 0.4) is 0 Å². The molecule has 0 radical (unpaired) electrons. The fraction of sp³-hybridized carbons (Fsp3) is 0.647. The monoisotopic (exact) mass is 277 g/mol. The third kappa shape index (κ3) is 4.50. The van der Waals surface area contributed by atoms with Gasteiger partial charge >= 0.3 is 0 Å². The predicted octanol–water partition coefficient (Wildman–Crippen LogP) is 3.69. The summed E-state index contributed by atoms with van der Waals surface area (Å²) in [5.41, 5.74) is 1.33. The van der Waals surface area contributed by atoms with Crippen LogP contribution in [-0.4, -0.2) is 25.0 Å². The minimum Gasteiger partial charge on any atom is -0.492 e. The van der Waals surface area contributed by atoms with Crippen LogP contribution in [0.1, 0.15) is 52.0 Å². The van der Waals surface area contributed by atoms with E-state index in [0.717, 1.165) is 25.1 Å². The van der Waals surface area contributed by atoms with Crippen molar-refractivity contribution in [3.63, 3.8) is 0 Å². The molecule has 1 fully saturated rings. The van der Waals surface area contributed by atoms with Crippen molar-refractivity contribution in [3.8, 4) is 5.75 Å². The highest BCUT2D eigenvalue weighted by atomic mass is 16.5. The van der Waals surface area contributed by atoms with Gasteiger partial charge in [-0.25, -0.2) is 0 Å². The molecule has 20 heavy (non-hydrogen) atoms. The fourth-order valence-corrected chi connectivity index (χ4v) is 2.48. The molecule has 1 saturated heterocycles. The molecule has 112 valence electrons. The second-order valence-corrected chi connectivity index (χ2v) is 6.43. The summed E-state index contributed by atoms with van der Waals surface area (Å²) in [5, 5.41) is 3.40. The van der Waals surface area contributed by atoms with Gasteiger partial charge in [-0.3, -0.25) is 5.32 Å². The molecule has 1 aliphatic heterocycles. The van der Waals surface area contributed by atoms with Gasteiger partial charge in [0.15, 0.2) is 0 Å². The Bertz CT molecular complexity index is 429. The minimum absolute atomic E-state index is 0.0180. The Balaban J connectivity index is 1.70. The van der Waals surface area contributed by atoms with E-state index in [2.05, 4.69) is 51.2 Å². The molecule has 0 amide bonds. The third-order valence-electron chi connectivity index (χ3n) is 3.74. The summed E-state index contributed by atoms with van der Waals surface area (Å²) < 4.78 is 11.7. The molecule has 0 spiro atoms. The lowest BCUT2D eigenvalue weighted by molar-refractivity contribution is -0.0304. The molecule has 0 aromatic heterocycles. The van der Waals surface area contributed by atoms with Crippen molar-refractivity contribution in [2.24, 2.45) is 0 Å². The van der Waals surface area contributed by atoms with Gasteiger partial charge in [0, 0.05) is 6.54 Å². The van der Waals surface area contributed by atoms with E-state index in [9.17, 15) is 0 Å². The van der Waals surface area contributed by atoms with Crippen LogP contribution in [0.5, 0.6) is 5.75 Å². The first kappa shape index (κ1) is 15.3. The molecule has 0 saturated carbocycles. The van der Waals surface area contributed by atoms with Crippen LogP contribution < -0.4 is 10.1 Å². The molecule has 0 bridgehead atoms. The quantitative estimate of drug-likeness (QED) is 0.804. The summed E-state index contributed by atoms with van der Waals surface area (Å²) in [6.45, 7) is 10.2. The zero-order chi connectivity index (χ0) is 14.6. The molecule has 3 nitrogen and oxygen atoms in total. The van der Waals surface area contributed by atoms with E-state index in [0.29, 0.717) is 12.5 Å². The Morgan fingerprint density at radius 1 is 1.40 bits per heavy atom. The number of nitrogens with one attached hydrogen (secondary N) is 1. The van der Waals surface area contributed by atoms with E-state index in [1.807, 2.05) is 6.07 Å². The van der Waals surface area contributed by atoms with Gasteiger partial charge in [0.05, 0.1) is 5.60 Å². The lowest BCUT2D eigenvalue weighted by Gasteiger charge is -2.20. The van der Waals surface area contributed by atoms with Gasteiger partial charge in [0.1, 0.15) is 18.6 Å². The molecule has 1 N–H and O–H groups in total. The van der Waals surface area contributed by atoms with E-state index in [1.54, 1.807) is 0 Å². The number of hydrogen-bond donors (Lipinski definition) is 1. The van der Waals surface area contributed by atoms with Crippen LogP contribution in [0.15, 0.2) is 24.3 Å². The Morgan fingerprint density at radius 3 is 2.85 bits per heavy atom. The van der Waals surface area contributed by atoms with Crippen molar-refractivity contribution in [2.45, 2.75) is 58.3 Å². The molecule has 1 atom stereocenters. The minimum atomic E-state index is 0.0180. The van der Waals surface area contributed by atoms with Crippen molar-refractivity contribution in [1.29, 1.82) is 0 Å². The van der Waals surface area contributed by atoms with Crippen LogP contribution in [-0.2, 0) is 4.74 Å². The number of ether oxygens (including phenoxy) is 2. The molecular weight excluding hydrogens is 250 g/mol. The SMILES string of the molecule is CC(C)c1cccc(OCCNC2CCC(C)(C)O2)c1. The molecule has 1 unspecified atom stereocenters. The molecule has 1 aromatic carbocycles. The zero-order valence-corrected chi connectivity index (χ0v) is 13.1. The normalized spacial score (nSPS) is 21.4. The van der Waals surface area contributed by atoms with Crippen LogP contribution in [0.25, 0.3) is 0 Å². The molecule has 3 heteroatoms. The number of benzene rings is 1. The molecule has 0 aliphatic carbocycles. The van der Waals surface area contributed by atoms with E-state index >= 15 is 0 Å². The van der Waals surface area contributed by atoms with Gasteiger partial charge < -0.3 is 9.47 Å². The predicted molar refractivity (Wildman–Crippen MR) is 82.2 cm³/mol. The van der Waals surface area contributed by atoms with Gasteiger partial charge in [0.2, 0.25) is 0 Å². The van der Waals surface area contributed by atoms with Crippen molar-refractivity contribution in [2.75, 3.05) is 13.2 Å². The lowest BCUT2D eigenvalue weighted by atomic mass is 10.0. The standard InChI is InChI=1S/C17H27NO2/c1-13(2)14-6-5-7-15(12-14)19-11-10-18-16-8-9-17(3,4)20-16/h5-7,12-13,16,18H,8-11H2,1-4H3. The highest BCUT2D eigenvalue weighted by Gasteiger charge is 2.30. The van der Waals surface area contributed by atoms with Crippen molar-refractivity contribution in [3.05, 3.63) is 29.8 Å². The molecular formula is C17H27NO2. The van der Waals surface area contributed by atoms with Crippen molar-refractivity contribution < 1.29 is 9.47 Å². The largest absolute Gasteiger partial charge is 0.492 e. The highest BCUT2D eigenvalue weighted by Crippen LogP contribution is 2.27.